The van der Waals surface area contributed by atoms with Gasteiger partial charge in [0.1, 0.15) is 5.75 Å². The van der Waals surface area contributed by atoms with Gasteiger partial charge in [0.05, 0.1) is 0 Å². The Hall–Kier alpha value is -2.20. The molecule has 1 aliphatic carbocycles. The fourth-order valence-corrected chi connectivity index (χ4v) is 4.61. The number of hydrogen-bond donors (Lipinski definition) is 0. The highest BCUT2D eigenvalue weighted by Gasteiger charge is 2.27. The molecule has 1 aliphatic heterocycles. The van der Waals surface area contributed by atoms with Gasteiger partial charge in [-0.05, 0) is 74.4 Å². The van der Waals surface area contributed by atoms with Gasteiger partial charge >= 0.3 is 0 Å². The summed E-state index contributed by atoms with van der Waals surface area (Å²) in [5, 5.41) is 0.748. The van der Waals surface area contributed by atoms with E-state index in [2.05, 4.69) is 17.9 Å². The number of benzene rings is 2. The minimum atomic E-state index is -0.470. The zero-order valence-electron chi connectivity index (χ0n) is 17.3. The number of anilines is 1. The monoisotopic (exact) mass is 412 g/mol. The Kier molecular flexibility index (Phi) is 6.00. The number of nitrogens with zero attached hydrogens (tertiary/aromatic N) is 2. The number of piperazine rings is 1. The zero-order chi connectivity index (χ0) is 20.4. The minimum Gasteiger partial charge on any atom is -0.481 e. The summed E-state index contributed by atoms with van der Waals surface area (Å²) in [5.41, 5.74) is 5.03. The summed E-state index contributed by atoms with van der Waals surface area (Å²) in [6.07, 6.45) is 4.12. The molecule has 1 fully saturated rings. The van der Waals surface area contributed by atoms with Gasteiger partial charge in [0, 0.05) is 36.9 Å². The number of hydrogen-bond acceptors (Lipinski definition) is 3. The molecule has 4 rings (SSSR count). The maximum Gasteiger partial charge on any atom is 0.263 e. The van der Waals surface area contributed by atoms with Crippen LogP contribution in [0.25, 0.3) is 0 Å². The lowest BCUT2D eigenvalue weighted by atomic mass is 9.91. The third-order valence-corrected chi connectivity index (χ3v) is 6.34. The quantitative estimate of drug-likeness (QED) is 0.733. The minimum absolute atomic E-state index is 0.0703. The highest BCUT2D eigenvalue weighted by Crippen LogP contribution is 2.30. The first-order chi connectivity index (χ1) is 14.0. The third-order valence-electron chi connectivity index (χ3n) is 6.11. The highest BCUT2D eigenvalue weighted by molar-refractivity contribution is 6.30. The number of halogens is 1. The van der Waals surface area contributed by atoms with Gasteiger partial charge in [0.2, 0.25) is 0 Å². The van der Waals surface area contributed by atoms with Crippen molar-refractivity contribution in [2.24, 2.45) is 0 Å². The Balaban J connectivity index is 1.38. The molecule has 0 spiro atoms. The molecule has 0 bridgehead atoms. The molecule has 154 valence electrons. The standard InChI is InChI=1S/C24H29ClN2O2/c1-17-10-11-20(25)16-22(17)26-12-14-27(15-13-26)24(28)18(2)29-23-9-5-7-19-6-3-4-8-21(19)23/h5,7,9-11,16,18H,3-4,6,8,12-15H2,1-2H3/t18-/m1/s1. The summed E-state index contributed by atoms with van der Waals surface area (Å²) in [4.78, 5) is 17.2. The van der Waals surface area contributed by atoms with Gasteiger partial charge < -0.3 is 14.5 Å². The maximum absolute atomic E-state index is 13.0. The molecule has 0 N–H and O–H groups in total. The number of rotatable bonds is 4. The molecular weight excluding hydrogens is 384 g/mol. The highest BCUT2D eigenvalue weighted by atomic mass is 35.5. The van der Waals surface area contributed by atoms with Crippen molar-refractivity contribution in [2.75, 3.05) is 31.1 Å². The Bertz CT molecular complexity index is 890. The number of carbonyl (C=O) groups is 1. The van der Waals surface area contributed by atoms with E-state index in [9.17, 15) is 4.79 Å². The van der Waals surface area contributed by atoms with Crippen LogP contribution in [0.2, 0.25) is 5.02 Å². The van der Waals surface area contributed by atoms with E-state index in [0.717, 1.165) is 42.4 Å². The van der Waals surface area contributed by atoms with Crippen LogP contribution >= 0.6 is 11.6 Å². The van der Waals surface area contributed by atoms with Crippen molar-refractivity contribution in [1.29, 1.82) is 0 Å². The second kappa shape index (κ2) is 8.66. The van der Waals surface area contributed by atoms with E-state index in [-0.39, 0.29) is 5.91 Å². The van der Waals surface area contributed by atoms with Crippen molar-refractivity contribution >= 4 is 23.2 Å². The SMILES string of the molecule is Cc1ccc(Cl)cc1N1CCN(C(=O)[C@@H](C)Oc2cccc3c2CCCC3)CC1. The van der Waals surface area contributed by atoms with Crippen molar-refractivity contribution < 1.29 is 9.53 Å². The van der Waals surface area contributed by atoms with Crippen molar-refractivity contribution in [3.63, 3.8) is 0 Å². The summed E-state index contributed by atoms with van der Waals surface area (Å²) in [6.45, 7) is 6.98. The molecule has 2 aliphatic rings. The molecule has 0 unspecified atom stereocenters. The summed E-state index contributed by atoms with van der Waals surface area (Å²) < 4.78 is 6.15. The van der Waals surface area contributed by atoms with Crippen LogP contribution in [0, 0.1) is 6.92 Å². The van der Waals surface area contributed by atoms with E-state index in [1.807, 2.05) is 42.2 Å². The molecule has 1 saturated heterocycles. The molecule has 2 aromatic rings. The Morgan fingerprint density at radius 2 is 1.83 bits per heavy atom. The van der Waals surface area contributed by atoms with Crippen LogP contribution in [0.1, 0.15) is 36.5 Å². The van der Waals surface area contributed by atoms with Gasteiger partial charge in [-0.3, -0.25) is 4.79 Å². The lowest BCUT2D eigenvalue weighted by Gasteiger charge is -2.37. The summed E-state index contributed by atoms with van der Waals surface area (Å²) in [5.74, 6) is 0.956. The van der Waals surface area contributed by atoms with Gasteiger partial charge in [0.15, 0.2) is 6.10 Å². The molecule has 1 heterocycles. The number of aryl methyl sites for hydroxylation is 2. The summed E-state index contributed by atoms with van der Waals surface area (Å²) in [7, 11) is 0. The van der Waals surface area contributed by atoms with Gasteiger partial charge in [-0.2, -0.15) is 0 Å². The Labute approximate surface area is 178 Å². The number of carbonyl (C=O) groups excluding carboxylic acids is 1. The normalized spacial score (nSPS) is 17.6. The van der Waals surface area contributed by atoms with E-state index in [4.69, 9.17) is 16.3 Å². The number of ether oxygens (including phenoxy) is 1. The van der Waals surface area contributed by atoms with Crippen LogP contribution < -0.4 is 9.64 Å². The van der Waals surface area contributed by atoms with Crippen LogP contribution in [0.3, 0.4) is 0 Å². The van der Waals surface area contributed by atoms with Crippen LogP contribution in [0.4, 0.5) is 5.69 Å². The van der Waals surface area contributed by atoms with Crippen molar-refractivity contribution in [3.05, 3.63) is 58.1 Å². The largest absolute Gasteiger partial charge is 0.481 e. The first-order valence-electron chi connectivity index (χ1n) is 10.6. The number of amides is 1. The molecule has 0 aromatic heterocycles. The lowest BCUT2D eigenvalue weighted by Crippen LogP contribution is -2.52. The zero-order valence-corrected chi connectivity index (χ0v) is 18.0. The van der Waals surface area contributed by atoms with E-state index >= 15 is 0 Å². The average Bonchev–Trinajstić information content (AvgIpc) is 2.75. The fourth-order valence-electron chi connectivity index (χ4n) is 4.45. The van der Waals surface area contributed by atoms with E-state index in [1.54, 1.807) is 0 Å². The van der Waals surface area contributed by atoms with Gasteiger partial charge in [-0.1, -0.05) is 29.8 Å². The van der Waals surface area contributed by atoms with E-state index in [1.165, 1.54) is 29.5 Å². The average molecular weight is 413 g/mol. The molecule has 2 aromatic carbocycles. The van der Waals surface area contributed by atoms with Crippen molar-refractivity contribution in [3.8, 4) is 5.75 Å². The van der Waals surface area contributed by atoms with Crippen LogP contribution in [-0.2, 0) is 17.6 Å². The Morgan fingerprint density at radius 1 is 1.07 bits per heavy atom. The third kappa shape index (κ3) is 4.37. The van der Waals surface area contributed by atoms with Gasteiger partial charge in [-0.25, -0.2) is 0 Å². The molecule has 1 atom stereocenters. The second-order valence-corrected chi connectivity index (χ2v) is 8.54. The van der Waals surface area contributed by atoms with Gasteiger partial charge in [-0.15, -0.1) is 0 Å². The lowest BCUT2D eigenvalue weighted by molar-refractivity contribution is -0.138. The first kappa shape index (κ1) is 20.1. The number of fused-ring (bicyclic) bond motifs is 1. The molecule has 0 saturated carbocycles. The van der Waals surface area contributed by atoms with Crippen LogP contribution in [-0.4, -0.2) is 43.1 Å². The van der Waals surface area contributed by atoms with Crippen molar-refractivity contribution in [1.82, 2.24) is 4.90 Å². The Morgan fingerprint density at radius 3 is 2.62 bits per heavy atom. The predicted molar refractivity (Wildman–Crippen MR) is 118 cm³/mol. The maximum atomic E-state index is 13.0. The molecule has 5 heteroatoms. The van der Waals surface area contributed by atoms with E-state index in [0.29, 0.717) is 13.1 Å². The fraction of sp³-hybridized carbons (Fsp3) is 0.458. The summed E-state index contributed by atoms with van der Waals surface area (Å²) in [6, 6.07) is 12.2. The van der Waals surface area contributed by atoms with Crippen LogP contribution in [0.15, 0.2) is 36.4 Å². The van der Waals surface area contributed by atoms with E-state index < -0.39 is 6.10 Å². The molecule has 0 radical (unpaired) electrons. The van der Waals surface area contributed by atoms with Crippen LogP contribution in [0.5, 0.6) is 5.75 Å². The molecule has 4 nitrogen and oxygen atoms in total. The second-order valence-electron chi connectivity index (χ2n) is 8.10. The summed E-state index contributed by atoms with van der Waals surface area (Å²) >= 11 is 6.18. The van der Waals surface area contributed by atoms with Gasteiger partial charge in [0.25, 0.3) is 5.91 Å². The molecule has 1 amide bonds. The first-order valence-corrected chi connectivity index (χ1v) is 11.0. The van der Waals surface area contributed by atoms with Crippen molar-refractivity contribution in [2.45, 2.75) is 45.6 Å². The molecule has 29 heavy (non-hydrogen) atoms. The molecular formula is C24H29ClN2O2. The topological polar surface area (TPSA) is 32.8 Å². The smallest absolute Gasteiger partial charge is 0.263 e. The predicted octanol–water partition coefficient (Wildman–Crippen LogP) is 4.64.